The van der Waals surface area contributed by atoms with Gasteiger partial charge in [-0.25, -0.2) is 17.6 Å². The average molecular weight is 317 g/mol. The molecule has 0 saturated carbocycles. The van der Waals surface area contributed by atoms with Gasteiger partial charge in [-0.1, -0.05) is 0 Å². The molecule has 0 radical (unpaired) electrons. The van der Waals surface area contributed by atoms with E-state index in [9.17, 15) is 22.4 Å². The van der Waals surface area contributed by atoms with E-state index >= 15 is 0 Å². The van der Waals surface area contributed by atoms with Gasteiger partial charge in [0.25, 0.3) is 0 Å². The van der Waals surface area contributed by atoms with Crippen molar-refractivity contribution in [3.8, 4) is 0 Å². The maximum atomic E-state index is 13.2. The van der Waals surface area contributed by atoms with E-state index in [1.54, 1.807) is 20.8 Å². The molecule has 1 amide bonds. The van der Waals surface area contributed by atoms with Crippen LogP contribution in [-0.4, -0.2) is 36.7 Å². The van der Waals surface area contributed by atoms with E-state index in [1.165, 1.54) is 0 Å². The minimum Gasteiger partial charge on any atom is -0.478 e. The SMILES string of the molecule is CC(C)(C)NC(=O)CS(=O)(=O)c1ccc(F)c(C(=O)O)c1. The van der Waals surface area contributed by atoms with Crippen molar-refractivity contribution in [1.29, 1.82) is 0 Å². The standard InChI is InChI=1S/C13H16FNO5S/c1-13(2,3)15-11(16)7-21(19,20)8-4-5-10(14)9(6-8)12(17)18/h4-6H,7H2,1-3H3,(H,15,16)(H,17,18). The van der Waals surface area contributed by atoms with E-state index in [2.05, 4.69) is 5.32 Å². The second-order valence-corrected chi connectivity index (χ2v) is 7.49. The van der Waals surface area contributed by atoms with Crippen LogP contribution in [0.2, 0.25) is 0 Å². The van der Waals surface area contributed by atoms with Crippen LogP contribution in [0.4, 0.5) is 4.39 Å². The Morgan fingerprint density at radius 1 is 1.29 bits per heavy atom. The van der Waals surface area contributed by atoms with Gasteiger partial charge in [-0.15, -0.1) is 0 Å². The van der Waals surface area contributed by atoms with Crippen molar-refractivity contribution < 1.29 is 27.5 Å². The fourth-order valence-corrected chi connectivity index (χ4v) is 2.73. The number of amides is 1. The summed E-state index contributed by atoms with van der Waals surface area (Å²) in [7, 11) is -4.05. The van der Waals surface area contributed by atoms with E-state index in [-0.39, 0.29) is 0 Å². The van der Waals surface area contributed by atoms with Gasteiger partial charge >= 0.3 is 5.97 Å². The number of carbonyl (C=O) groups is 2. The molecule has 0 unspecified atom stereocenters. The zero-order chi connectivity index (χ0) is 16.4. The average Bonchev–Trinajstić information content (AvgIpc) is 2.24. The third-order valence-corrected chi connectivity index (χ3v) is 3.98. The Balaban J connectivity index is 3.07. The highest BCUT2D eigenvalue weighted by Crippen LogP contribution is 2.17. The van der Waals surface area contributed by atoms with Gasteiger partial charge in [0.05, 0.1) is 10.5 Å². The number of aromatic carboxylic acids is 1. The first kappa shape index (κ1) is 17.1. The molecule has 0 heterocycles. The van der Waals surface area contributed by atoms with E-state index in [0.29, 0.717) is 6.07 Å². The van der Waals surface area contributed by atoms with Crippen molar-refractivity contribution in [2.45, 2.75) is 31.2 Å². The predicted octanol–water partition coefficient (Wildman–Crippen LogP) is 1.21. The molecule has 116 valence electrons. The van der Waals surface area contributed by atoms with E-state index in [0.717, 1.165) is 12.1 Å². The summed E-state index contributed by atoms with van der Waals surface area (Å²) in [6, 6.07) is 2.39. The Labute approximate surface area is 121 Å². The van der Waals surface area contributed by atoms with Crippen LogP contribution in [0.15, 0.2) is 23.1 Å². The molecule has 0 spiro atoms. The molecule has 21 heavy (non-hydrogen) atoms. The van der Waals surface area contributed by atoms with Gasteiger partial charge in [-0.05, 0) is 39.0 Å². The fraction of sp³-hybridized carbons (Fsp3) is 0.385. The lowest BCUT2D eigenvalue weighted by molar-refractivity contribution is -0.120. The molecule has 2 N–H and O–H groups in total. The molecule has 0 aliphatic carbocycles. The molecule has 0 aliphatic rings. The van der Waals surface area contributed by atoms with Gasteiger partial charge < -0.3 is 10.4 Å². The predicted molar refractivity (Wildman–Crippen MR) is 73.3 cm³/mol. The highest BCUT2D eigenvalue weighted by molar-refractivity contribution is 7.92. The number of carboxylic acid groups (broad SMARTS) is 1. The third kappa shape index (κ3) is 4.82. The number of nitrogens with one attached hydrogen (secondary N) is 1. The zero-order valence-corrected chi connectivity index (χ0v) is 12.6. The molecule has 0 aliphatic heterocycles. The molecule has 1 aromatic carbocycles. The highest BCUT2D eigenvalue weighted by atomic mass is 32.2. The van der Waals surface area contributed by atoms with E-state index in [4.69, 9.17) is 5.11 Å². The smallest absolute Gasteiger partial charge is 0.338 e. The molecular formula is C13H16FNO5S. The van der Waals surface area contributed by atoms with Crippen LogP contribution in [-0.2, 0) is 14.6 Å². The summed E-state index contributed by atoms with van der Waals surface area (Å²) in [6.45, 7) is 5.08. The third-order valence-electron chi connectivity index (χ3n) is 2.36. The van der Waals surface area contributed by atoms with Crippen LogP contribution in [0.5, 0.6) is 0 Å². The number of hydrogen-bond acceptors (Lipinski definition) is 4. The molecule has 0 fully saturated rings. The van der Waals surface area contributed by atoms with Gasteiger partial charge in [0.2, 0.25) is 5.91 Å². The fourth-order valence-electron chi connectivity index (χ4n) is 1.57. The minimum atomic E-state index is -4.05. The number of benzene rings is 1. The van der Waals surface area contributed by atoms with Crippen molar-refractivity contribution >= 4 is 21.7 Å². The first-order chi connectivity index (χ1) is 9.42. The van der Waals surface area contributed by atoms with E-state index < -0.39 is 49.3 Å². The summed E-state index contributed by atoms with van der Waals surface area (Å²) in [4.78, 5) is 22.0. The lowest BCUT2D eigenvalue weighted by Crippen LogP contribution is -2.43. The van der Waals surface area contributed by atoms with Crippen LogP contribution < -0.4 is 5.32 Å². The molecular weight excluding hydrogens is 301 g/mol. The van der Waals surface area contributed by atoms with Crippen molar-refractivity contribution in [2.75, 3.05) is 5.75 Å². The zero-order valence-electron chi connectivity index (χ0n) is 11.8. The number of carboxylic acids is 1. The number of carbonyl (C=O) groups excluding carboxylic acids is 1. The van der Waals surface area contributed by atoms with Crippen LogP contribution in [0.1, 0.15) is 31.1 Å². The summed E-state index contributed by atoms with van der Waals surface area (Å²) in [5.41, 5.74) is -1.35. The largest absolute Gasteiger partial charge is 0.478 e. The van der Waals surface area contributed by atoms with Crippen LogP contribution in [0.25, 0.3) is 0 Å². The van der Waals surface area contributed by atoms with Crippen LogP contribution in [0, 0.1) is 5.82 Å². The minimum absolute atomic E-state index is 0.412. The second-order valence-electron chi connectivity index (χ2n) is 5.50. The van der Waals surface area contributed by atoms with E-state index in [1.807, 2.05) is 0 Å². The molecule has 1 aromatic rings. The lowest BCUT2D eigenvalue weighted by Gasteiger charge is -2.20. The summed E-state index contributed by atoms with van der Waals surface area (Å²) in [5.74, 6) is -4.18. The number of halogens is 1. The maximum Gasteiger partial charge on any atom is 0.338 e. The van der Waals surface area contributed by atoms with Gasteiger partial charge in [-0.3, -0.25) is 4.79 Å². The van der Waals surface area contributed by atoms with Crippen molar-refractivity contribution in [3.63, 3.8) is 0 Å². The Hall–Kier alpha value is -1.96. The van der Waals surface area contributed by atoms with Gasteiger partial charge in [-0.2, -0.15) is 0 Å². The molecule has 0 saturated heterocycles. The Morgan fingerprint density at radius 2 is 1.86 bits per heavy atom. The Morgan fingerprint density at radius 3 is 2.33 bits per heavy atom. The Kier molecular flexibility index (Phi) is 4.72. The molecule has 0 atom stereocenters. The summed E-state index contributed by atoms with van der Waals surface area (Å²) >= 11 is 0. The Bertz CT molecular complexity index is 676. The van der Waals surface area contributed by atoms with Gasteiger partial charge in [0, 0.05) is 5.54 Å². The number of sulfone groups is 1. The first-order valence-electron chi connectivity index (χ1n) is 5.99. The number of hydrogen-bond donors (Lipinski definition) is 2. The quantitative estimate of drug-likeness (QED) is 0.813. The van der Waals surface area contributed by atoms with Crippen LogP contribution in [0.3, 0.4) is 0 Å². The summed E-state index contributed by atoms with van der Waals surface area (Å²) in [6.07, 6.45) is 0. The molecule has 6 nitrogen and oxygen atoms in total. The van der Waals surface area contributed by atoms with Crippen LogP contribution >= 0.6 is 0 Å². The maximum absolute atomic E-state index is 13.2. The van der Waals surface area contributed by atoms with Crippen molar-refractivity contribution in [1.82, 2.24) is 5.32 Å². The monoisotopic (exact) mass is 317 g/mol. The lowest BCUT2D eigenvalue weighted by atomic mass is 10.1. The molecule has 1 rings (SSSR count). The summed E-state index contributed by atoms with van der Waals surface area (Å²) in [5, 5.41) is 11.3. The topological polar surface area (TPSA) is 101 Å². The van der Waals surface area contributed by atoms with Gasteiger partial charge in [0.1, 0.15) is 11.6 Å². The number of rotatable bonds is 4. The van der Waals surface area contributed by atoms with Crippen molar-refractivity contribution in [3.05, 3.63) is 29.6 Å². The normalized spacial score (nSPS) is 12.0. The molecule has 0 bridgehead atoms. The van der Waals surface area contributed by atoms with Gasteiger partial charge in [0.15, 0.2) is 9.84 Å². The first-order valence-corrected chi connectivity index (χ1v) is 7.64. The second kappa shape index (κ2) is 5.80. The molecule has 0 aromatic heterocycles. The highest BCUT2D eigenvalue weighted by Gasteiger charge is 2.24. The van der Waals surface area contributed by atoms with Crippen molar-refractivity contribution in [2.24, 2.45) is 0 Å². The summed E-state index contributed by atoms with van der Waals surface area (Å²) < 4.78 is 37.3. The molecule has 8 heteroatoms.